The van der Waals surface area contributed by atoms with Gasteiger partial charge in [0.05, 0.1) is 17.7 Å². The molecule has 0 atom stereocenters. The molecule has 1 aliphatic heterocycles. The highest BCUT2D eigenvalue weighted by Crippen LogP contribution is 2.24. The minimum absolute atomic E-state index is 0.128. The van der Waals surface area contributed by atoms with Crippen molar-refractivity contribution in [3.63, 3.8) is 0 Å². The quantitative estimate of drug-likeness (QED) is 0.455. The zero-order valence-electron chi connectivity index (χ0n) is 20.3. The monoisotopic (exact) mass is 484 g/mol. The predicted molar refractivity (Wildman–Crippen MR) is 137 cm³/mol. The molecular weight excluding hydrogens is 456 g/mol. The number of fused-ring (bicyclic) bond motifs is 1. The number of nitrogens with one attached hydrogen (secondary N) is 2. The van der Waals surface area contributed by atoms with Gasteiger partial charge in [-0.05, 0) is 62.0 Å². The van der Waals surface area contributed by atoms with Crippen LogP contribution in [0.25, 0.3) is 0 Å². The van der Waals surface area contributed by atoms with Crippen LogP contribution in [0.2, 0.25) is 0 Å². The van der Waals surface area contributed by atoms with Gasteiger partial charge in [-0.15, -0.1) is 0 Å². The van der Waals surface area contributed by atoms with E-state index in [4.69, 9.17) is 0 Å². The minimum atomic E-state index is -0.387. The standard InChI is InChI=1S/C28H28N4O4/c1-31(2)18-25(33)30-22-10-6-9-20(15-22)17-29-26(34)21-11-12-23-24(16-21)28(36)32(27(23)35)14-13-19-7-4-3-5-8-19/h3-12,15-16H,13-14,17-18H2,1-2H3,(H,29,34)(H,30,33). The molecule has 36 heavy (non-hydrogen) atoms. The SMILES string of the molecule is CN(C)CC(=O)Nc1cccc(CNC(=O)c2ccc3c(c2)C(=O)N(CCc2ccccc2)C3=O)c1. The van der Waals surface area contributed by atoms with Crippen LogP contribution in [-0.2, 0) is 17.8 Å². The van der Waals surface area contributed by atoms with Crippen molar-refractivity contribution in [2.45, 2.75) is 13.0 Å². The second-order valence-corrected chi connectivity index (χ2v) is 8.93. The smallest absolute Gasteiger partial charge is 0.261 e. The molecule has 0 saturated heterocycles. The molecule has 0 fully saturated rings. The molecule has 0 aromatic heterocycles. The summed E-state index contributed by atoms with van der Waals surface area (Å²) < 4.78 is 0. The van der Waals surface area contributed by atoms with E-state index in [0.717, 1.165) is 11.1 Å². The Labute approximate surface area is 209 Å². The van der Waals surface area contributed by atoms with Crippen molar-refractivity contribution < 1.29 is 19.2 Å². The highest BCUT2D eigenvalue weighted by atomic mass is 16.2. The van der Waals surface area contributed by atoms with E-state index in [-0.39, 0.29) is 48.8 Å². The van der Waals surface area contributed by atoms with Crippen molar-refractivity contribution in [1.29, 1.82) is 0 Å². The highest BCUT2D eigenvalue weighted by molar-refractivity contribution is 6.22. The van der Waals surface area contributed by atoms with Gasteiger partial charge in [0, 0.05) is 24.3 Å². The zero-order chi connectivity index (χ0) is 25.7. The lowest BCUT2D eigenvalue weighted by molar-refractivity contribution is -0.116. The molecule has 3 aromatic rings. The Hall–Kier alpha value is -4.30. The first-order valence-electron chi connectivity index (χ1n) is 11.7. The summed E-state index contributed by atoms with van der Waals surface area (Å²) in [6.45, 7) is 0.785. The number of nitrogens with zero attached hydrogens (tertiary/aromatic N) is 2. The number of imide groups is 1. The number of amides is 4. The van der Waals surface area contributed by atoms with Gasteiger partial charge < -0.3 is 15.5 Å². The topological polar surface area (TPSA) is 98.8 Å². The summed E-state index contributed by atoms with van der Waals surface area (Å²) in [5, 5.41) is 5.66. The first-order valence-corrected chi connectivity index (χ1v) is 11.7. The van der Waals surface area contributed by atoms with Crippen molar-refractivity contribution >= 4 is 29.3 Å². The van der Waals surface area contributed by atoms with Crippen molar-refractivity contribution in [2.24, 2.45) is 0 Å². The number of hydrogen-bond donors (Lipinski definition) is 2. The second-order valence-electron chi connectivity index (χ2n) is 8.93. The summed E-state index contributed by atoms with van der Waals surface area (Å²) in [5.41, 5.74) is 3.35. The average Bonchev–Trinajstić information content (AvgIpc) is 3.10. The number of carbonyl (C=O) groups excluding carboxylic acids is 4. The van der Waals surface area contributed by atoms with Crippen molar-refractivity contribution in [3.8, 4) is 0 Å². The van der Waals surface area contributed by atoms with E-state index in [1.54, 1.807) is 29.2 Å². The van der Waals surface area contributed by atoms with Gasteiger partial charge in [0.1, 0.15) is 0 Å². The summed E-state index contributed by atoms with van der Waals surface area (Å²) >= 11 is 0. The van der Waals surface area contributed by atoms with E-state index in [1.165, 1.54) is 17.0 Å². The molecule has 8 nitrogen and oxygen atoms in total. The number of rotatable bonds is 9. The molecule has 0 saturated carbocycles. The van der Waals surface area contributed by atoms with Gasteiger partial charge in [0.15, 0.2) is 0 Å². The lowest BCUT2D eigenvalue weighted by Crippen LogP contribution is -2.31. The van der Waals surface area contributed by atoms with Gasteiger partial charge in [-0.3, -0.25) is 24.1 Å². The van der Waals surface area contributed by atoms with Crippen LogP contribution in [0.15, 0.2) is 72.8 Å². The maximum absolute atomic E-state index is 12.9. The normalized spacial score (nSPS) is 12.6. The van der Waals surface area contributed by atoms with E-state index >= 15 is 0 Å². The minimum Gasteiger partial charge on any atom is -0.348 e. The summed E-state index contributed by atoms with van der Waals surface area (Å²) in [6, 6.07) is 21.4. The van der Waals surface area contributed by atoms with E-state index in [2.05, 4.69) is 10.6 Å². The number of benzene rings is 3. The fraction of sp³-hybridized carbons (Fsp3) is 0.214. The zero-order valence-corrected chi connectivity index (χ0v) is 20.3. The lowest BCUT2D eigenvalue weighted by atomic mass is 10.1. The molecule has 0 aliphatic carbocycles. The van der Waals surface area contributed by atoms with Crippen molar-refractivity contribution in [3.05, 3.63) is 101 Å². The van der Waals surface area contributed by atoms with Gasteiger partial charge in [0.25, 0.3) is 17.7 Å². The fourth-order valence-electron chi connectivity index (χ4n) is 4.05. The van der Waals surface area contributed by atoms with E-state index < -0.39 is 0 Å². The Morgan fingerprint density at radius 1 is 0.833 bits per heavy atom. The molecule has 1 aliphatic rings. The lowest BCUT2D eigenvalue weighted by Gasteiger charge is -2.13. The molecule has 0 unspecified atom stereocenters. The van der Waals surface area contributed by atoms with Crippen LogP contribution >= 0.6 is 0 Å². The number of anilines is 1. The van der Waals surface area contributed by atoms with Crippen LogP contribution < -0.4 is 10.6 Å². The molecule has 3 aromatic carbocycles. The first kappa shape index (κ1) is 24.8. The molecule has 4 amide bonds. The highest BCUT2D eigenvalue weighted by Gasteiger charge is 2.35. The molecule has 2 N–H and O–H groups in total. The van der Waals surface area contributed by atoms with Gasteiger partial charge in [-0.25, -0.2) is 0 Å². The Morgan fingerprint density at radius 3 is 2.31 bits per heavy atom. The van der Waals surface area contributed by atoms with Crippen LogP contribution in [0.5, 0.6) is 0 Å². The molecule has 0 radical (unpaired) electrons. The summed E-state index contributed by atoms with van der Waals surface area (Å²) in [7, 11) is 3.63. The van der Waals surface area contributed by atoms with Gasteiger partial charge >= 0.3 is 0 Å². The third-order valence-corrected chi connectivity index (χ3v) is 5.82. The summed E-state index contributed by atoms with van der Waals surface area (Å²) in [4.78, 5) is 53.4. The maximum Gasteiger partial charge on any atom is 0.261 e. The third-order valence-electron chi connectivity index (χ3n) is 5.82. The van der Waals surface area contributed by atoms with Gasteiger partial charge in [0.2, 0.25) is 5.91 Å². The molecule has 184 valence electrons. The summed E-state index contributed by atoms with van der Waals surface area (Å²) in [5.74, 6) is -1.22. The van der Waals surface area contributed by atoms with Crippen LogP contribution in [0.3, 0.4) is 0 Å². The molecule has 4 rings (SSSR count). The number of carbonyl (C=O) groups is 4. The Kier molecular flexibility index (Phi) is 7.56. The number of hydrogen-bond acceptors (Lipinski definition) is 5. The third kappa shape index (κ3) is 5.84. The number of likely N-dealkylation sites (N-methyl/N-ethyl adjacent to an activating group) is 1. The maximum atomic E-state index is 12.9. The van der Waals surface area contributed by atoms with E-state index in [0.29, 0.717) is 23.2 Å². The van der Waals surface area contributed by atoms with Crippen LogP contribution in [0.4, 0.5) is 5.69 Å². The van der Waals surface area contributed by atoms with E-state index in [1.807, 2.05) is 50.5 Å². The van der Waals surface area contributed by atoms with Gasteiger partial charge in [-0.2, -0.15) is 0 Å². The van der Waals surface area contributed by atoms with Crippen LogP contribution in [0.1, 0.15) is 42.2 Å². The predicted octanol–water partition coefficient (Wildman–Crippen LogP) is 2.96. The Balaban J connectivity index is 1.38. The largest absolute Gasteiger partial charge is 0.348 e. The second kappa shape index (κ2) is 11.0. The fourth-order valence-corrected chi connectivity index (χ4v) is 4.05. The molecule has 1 heterocycles. The molecule has 0 bridgehead atoms. The van der Waals surface area contributed by atoms with E-state index in [9.17, 15) is 19.2 Å². The Morgan fingerprint density at radius 2 is 1.56 bits per heavy atom. The van der Waals surface area contributed by atoms with Crippen LogP contribution in [0, 0.1) is 0 Å². The van der Waals surface area contributed by atoms with Gasteiger partial charge in [-0.1, -0.05) is 42.5 Å². The molecule has 0 spiro atoms. The molecule has 8 heteroatoms. The van der Waals surface area contributed by atoms with Crippen LogP contribution in [-0.4, -0.2) is 60.6 Å². The molecular formula is C28H28N4O4. The first-order chi connectivity index (χ1) is 17.3. The van der Waals surface area contributed by atoms with Crippen molar-refractivity contribution in [2.75, 3.05) is 32.5 Å². The van der Waals surface area contributed by atoms with Crippen molar-refractivity contribution in [1.82, 2.24) is 15.1 Å². The summed E-state index contributed by atoms with van der Waals surface area (Å²) in [6.07, 6.45) is 0.564. The Bertz CT molecular complexity index is 1300. The average molecular weight is 485 g/mol.